The fraction of sp³-hybridized carbons (Fsp3) is 0.294. The second kappa shape index (κ2) is 8.74. The van der Waals surface area contributed by atoms with Gasteiger partial charge >= 0.3 is 12.0 Å². The lowest BCUT2D eigenvalue weighted by atomic mass is 10.0. The van der Waals surface area contributed by atoms with Gasteiger partial charge in [0.05, 0.1) is 18.8 Å². The lowest BCUT2D eigenvalue weighted by Crippen LogP contribution is -2.28. The number of hydrogen-bond acceptors (Lipinski definition) is 6. The number of aliphatic hydroxyl groups is 1. The second-order valence-corrected chi connectivity index (χ2v) is 5.05. The van der Waals surface area contributed by atoms with Crippen LogP contribution in [0.1, 0.15) is 29.8 Å². The van der Waals surface area contributed by atoms with E-state index in [0.717, 1.165) is 0 Å². The van der Waals surface area contributed by atoms with Crippen LogP contribution in [0.25, 0.3) is 11.1 Å². The SMILES string of the molecule is CCNC(=O)Nc1cc(CO)c(-c2cncc(C(=O)OCC)c2)cn1. The molecule has 8 heteroatoms. The minimum absolute atomic E-state index is 0.258. The maximum absolute atomic E-state index is 11.8. The minimum atomic E-state index is -0.468. The number of nitrogens with zero attached hydrogens (tertiary/aromatic N) is 2. The maximum Gasteiger partial charge on any atom is 0.339 e. The number of ether oxygens (including phenoxy) is 1. The topological polar surface area (TPSA) is 113 Å². The Kier molecular flexibility index (Phi) is 6.41. The van der Waals surface area contributed by atoms with Gasteiger partial charge in [-0.05, 0) is 31.5 Å². The second-order valence-electron chi connectivity index (χ2n) is 5.05. The van der Waals surface area contributed by atoms with Crippen molar-refractivity contribution in [2.24, 2.45) is 0 Å². The third kappa shape index (κ3) is 4.74. The lowest BCUT2D eigenvalue weighted by Gasteiger charge is -2.11. The number of amides is 2. The van der Waals surface area contributed by atoms with Crippen LogP contribution in [0.2, 0.25) is 0 Å². The summed E-state index contributed by atoms with van der Waals surface area (Å²) in [6, 6.07) is 2.82. The summed E-state index contributed by atoms with van der Waals surface area (Å²) in [4.78, 5) is 31.6. The molecule has 0 fully saturated rings. The summed E-state index contributed by atoms with van der Waals surface area (Å²) in [7, 11) is 0. The minimum Gasteiger partial charge on any atom is -0.462 e. The van der Waals surface area contributed by atoms with Gasteiger partial charge in [-0.25, -0.2) is 14.6 Å². The standard InChI is InChI=1S/C17H20N4O4/c1-3-19-17(24)21-15-6-13(10-22)14(9-20-15)11-5-12(8-18-7-11)16(23)25-4-2/h5-9,22H,3-4,10H2,1-2H3,(H2,19,20,21,24). The first-order valence-corrected chi connectivity index (χ1v) is 7.86. The van der Waals surface area contributed by atoms with Crippen molar-refractivity contribution >= 4 is 17.8 Å². The van der Waals surface area contributed by atoms with E-state index in [1.54, 1.807) is 32.2 Å². The number of anilines is 1. The fourth-order valence-electron chi connectivity index (χ4n) is 2.19. The number of nitrogens with one attached hydrogen (secondary N) is 2. The van der Waals surface area contributed by atoms with Crippen LogP contribution in [0, 0.1) is 0 Å². The Morgan fingerprint density at radius 1 is 1.20 bits per heavy atom. The number of urea groups is 1. The van der Waals surface area contributed by atoms with Gasteiger partial charge in [-0.3, -0.25) is 10.3 Å². The molecule has 0 aromatic carbocycles. The predicted molar refractivity (Wildman–Crippen MR) is 92.0 cm³/mol. The van der Waals surface area contributed by atoms with E-state index in [1.165, 1.54) is 12.4 Å². The van der Waals surface area contributed by atoms with Gasteiger partial charge in [-0.2, -0.15) is 0 Å². The highest BCUT2D eigenvalue weighted by Crippen LogP contribution is 2.25. The van der Waals surface area contributed by atoms with E-state index in [1.807, 2.05) is 0 Å². The van der Waals surface area contributed by atoms with Gasteiger partial charge in [0, 0.05) is 36.3 Å². The predicted octanol–water partition coefficient (Wildman–Crippen LogP) is 1.95. The van der Waals surface area contributed by atoms with Crippen LogP contribution in [0.5, 0.6) is 0 Å². The largest absolute Gasteiger partial charge is 0.462 e. The molecule has 0 spiro atoms. The zero-order valence-corrected chi connectivity index (χ0v) is 14.1. The molecule has 0 aliphatic rings. The zero-order valence-electron chi connectivity index (χ0n) is 14.1. The van der Waals surface area contributed by atoms with Crippen molar-refractivity contribution < 1.29 is 19.4 Å². The van der Waals surface area contributed by atoms with Gasteiger partial charge in [0.15, 0.2) is 0 Å². The Hall–Kier alpha value is -3.00. The molecule has 0 saturated heterocycles. The molecule has 2 aromatic rings. The van der Waals surface area contributed by atoms with Crippen molar-refractivity contribution in [2.75, 3.05) is 18.5 Å². The van der Waals surface area contributed by atoms with Gasteiger partial charge in [0.25, 0.3) is 0 Å². The van der Waals surface area contributed by atoms with Crippen LogP contribution in [0.4, 0.5) is 10.6 Å². The van der Waals surface area contributed by atoms with Crippen molar-refractivity contribution in [2.45, 2.75) is 20.5 Å². The van der Waals surface area contributed by atoms with Gasteiger partial charge in [0.1, 0.15) is 5.82 Å². The summed E-state index contributed by atoms with van der Waals surface area (Å²) in [6.07, 6.45) is 4.49. The number of aliphatic hydroxyl groups excluding tert-OH is 1. The molecular formula is C17H20N4O4. The molecule has 2 rings (SSSR count). The monoisotopic (exact) mass is 344 g/mol. The molecule has 3 N–H and O–H groups in total. The Balaban J connectivity index is 2.31. The first-order valence-electron chi connectivity index (χ1n) is 7.86. The molecule has 0 radical (unpaired) electrons. The van der Waals surface area contributed by atoms with Gasteiger partial charge in [-0.1, -0.05) is 0 Å². The molecule has 2 amide bonds. The van der Waals surface area contributed by atoms with E-state index in [4.69, 9.17) is 4.74 Å². The van der Waals surface area contributed by atoms with E-state index >= 15 is 0 Å². The molecule has 0 saturated carbocycles. The van der Waals surface area contributed by atoms with Crippen molar-refractivity contribution in [3.8, 4) is 11.1 Å². The summed E-state index contributed by atoms with van der Waals surface area (Å²) >= 11 is 0. The summed E-state index contributed by atoms with van der Waals surface area (Å²) < 4.78 is 4.96. The number of carbonyl (C=O) groups is 2. The molecule has 0 aliphatic carbocycles. The first-order chi connectivity index (χ1) is 12.1. The molecule has 0 unspecified atom stereocenters. The normalized spacial score (nSPS) is 10.2. The zero-order chi connectivity index (χ0) is 18.2. The molecule has 8 nitrogen and oxygen atoms in total. The highest BCUT2D eigenvalue weighted by atomic mass is 16.5. The summed E-state index contributed by atoms with van der Waals surface area (Å²) in [5, 5.41) is 14.8. The number of pyridine rings is 2. The summed E-state index contributed by atoms with van der Waals surface area (Å²) in [5.74, 6) is -0.155. The fourth-order valence-corrected chi connectivity index (χ4v) is 2.19. The van der Waals surface area contributed by atoms with Gasteiger partial charge in [0.2, 0.25) is 0 Å². The van der Waals surface area contributed by atoms with E-state index in [-0.39, 0.29) is 19.2 Å². The molecule has 0 aliphatic heterocycles. The third-order valence-electron chi connectivity index (χ3n) is 3.30. The third-order valence-corrected chi connectivity index (χ3v) is 3.30. The number of aromatic nitrogens is 2. The highest BCUT2D eigenvalue weighted by Gasteiger charge is 2.12. The number of carbonyl (C=O) groups excluding carboxylic acids is 2. The highest BCUT2D eigenvalue weighted by molar-refractivity contribution is 5.91. The molecule has 2 heterocycles. The summed E-state index contributed by atoms with van der Waals surface area (Å²) in [5.41, 5.74) is 2.09. The number of esters is 1. The van der Waals surface area contributed by atoms with Crippen molar-refractivity contribution in [3.05, 3.63) is 41.9 Å². The molecular weight excluding hydrogens is 324 g/mol. The van der Waals surface area contributed by atoms with Crippen molar-refractivity contribution in [3.63, 3.8) is 0 Å². The van der Waals surface area contributed by atoms with Crippen LogP contribution in [-0.2, 0) is 11.3 Å². The van der Waals surface area contributed by atoms with E-state index in [0.29, 0.717) is 34.6 Å². The van der Waals surface area contributed by atoms with Crippen LogP contribution < -0.4 is 10.6 Å². The van der Waals surface area contributed by atoms with Crippen LogP contribution in [0.15, 0.2) is 30.7 Å². The number of rotatable bonds is 6. The maximum atomic E-state index is 11.8. The number of hydrogen-bond donors (Lipinski definition) is 3. The van der Waals surface area contributed by atoms with Gasteiger partial charge < -0.3 is 15.2 Å². The Labute approximate surface area is 145 Å². The van der Waals surface area contributed by atoms with Crippen molar-refractivity contribution in [1.29, 1.82) is 0 Å². The Morgan fingerprint density at radius 2 is 2.00 bits per heavy atom. The molecule has 2 aromatic heterocycles. The smallest absolute Gasteiger partial charge is 0.339 e. The molecule has 132 valence electrons. The molecule has 25 heavy (non-hydrogen) atoms. The average Bonchev–Trinajstić information content (AvgIpc) is 2.62. The average molecular weight is 344 g/mol. The van der Waals surface area contributed by atoms with E-state index < -0.39 is 5.97 Å². The molecule has 0 atom stereocenters. The first kappa shape index (κ1) is 18.3. The quantitative estimate of drug-likeness (QED) is 0.690. The van der Waals surface area contributed by atoms with Crippen LogP contribution in [-0.4, -0.2) is 40.2 Å². The Morgan fingerprint density at radius 3 is 2.68 bits per heavy atom. The van der Waals surface area contributed by atoms with E-state index in [2.05, 4.69) is 20.6 Å². The Bertz CT molecular complexity index is 764. The van der Waals surface area contributed by atoms with Crippen molar-refractivity contribution in [1.82, 2.24) is 15.3 Å². The lowest BCUT2D eigenvalue weighted by molar-refractivity contribution is 0.0526. The van der Waals surface area contributed by atoms with Crippen LogP contribution in [0.3, 0.4) is 0 Å². The van der Waals surface area contributed by atoms with E-state index in [9.17, 15) is 14.7 Å². The van der Waals surface area contributed by atoms with Crippen LogP contribution >= 0.6 is 0 Å². The molecule has 0 bridgehead atoms. The summed E-state index contributed by atoms with van der Waals surface area (Å²) in [6.45, 7) is 4.03. The van der Waals surface area contributed by atoms with Gasteiger partial charge in [-0.15, -0.1) is 0 Å².